The highest BCUT2D eigenvalue weighted by Crippen LogP contribution is 2.22. The van der Waals surface area contributed by atoms with Crippen LogP contribution in [0.3, 0.4) is 0 Å². The summed E-state index contributed by atoms with van der Waals surface area (Å²) in [5, 5.41) is 3.15. The minimum absolute atomic E-state index is 0.239. The van der Waals surface area contributed by atoms with Gasteiger partial charge in [0, 0.05) is 6.54 Å². The second-order valence-electron chi connectivity index (χ2n) is 5.55. The van der Waals surface area contributed by atoms with Crippen molar-refractivity contribution in [3.63, 3.8) is 0 Å². The van der Waals surface area contributed by atoms with E-state index in [0.29, 0.717) is 18.6 Å². The molecule has 3 heteroatoms. The van der Waals surface area contributed by atoms with E-state index in [1.807, 2.05) is 7.05 Å². The summed E-state index contributed by atoms with van der Waals surface area (Å²) in [4.78, 5) is 0. The number of hydrogen-bond acceptors (Lipinski definition) is 3. The first-order valence-corrected chi connectivity index (χ1v) is 7.22. The summed E-state index contributed by atoms with van der Waals surface area (Å²) in [5.41, 5.74) is 1.35. The molecule has 1 aliphatic rings. The van der Waals surface area contributed by atoms with Crippen LogP contribution in [-0.2, 0) is 4.74 Å². The molecule has 0 spiro atoms. The molecule has 19 heavy (non-hydrogen) atoms. The summed E-state index contributed by atoms with van der Waals surface area (Å²) in [7, 11) is 1.96. The summed E-state index contributed by atoms with van der Waals surface area (Å²) in [6.45, 7) is 5.98. The topological polar surface area (TPSA) is 30.5 Å². The second kappa shape index (κ2) is 6.92. The van der Waals surface area contributed by atoms with Crippen LogP contribution in [0, 0.1) is 0 Å². The monoisotopic (exact) mass is 263 g/mol. The molecule has 0 bridgehead atoms. The lowest BCUT2D eigenvalue weighted by Gasteiger charge is -2.15. The van der Waals surface area contributed by atoms with Crippen LogP contribution in [0.25, 0.3) is 0 Å². The molecule has 0 aromatic heterocycles. The maximum absolute atomic E-state index is 5.90. The maximum Gasteiger partial charge on any atom is 0.119 e. The highest BCUT2D eigenvalue weighted by atomic mass is 16.5. The van der Waals surface area contributed by atoms with E-state index in [1.54, 1.807) is 0 Å². The van der Waals surface area contributed by atoms with Gasteiger partial charge in [-0.05, 0) is 43.5 Å². The van der Waals surface area contributed by atoms with Gasteiger partial charge in [-0.2, -0.15) is 0 Å². The SMILES string of the molecule is CNCC1CCC(COc2ccc(C(C)C)cc2)O1. The van der Waals surface area contributed by atoms with E-state index in [1.165, 1.54) is 5.56 Å². The number of rotatable bonds is 6. The smallest absolute Gasteiger partial charge is 0.119 e. The third-order valence-corrected chi connectivity index (χ3v) is 3.61. The molecule has 1 aliphatic heterocycles. The molecule has 106 valence electrons. The average Bonchev–Trinajstić information content (AvgIpc) is 2.85. The predicted molar refractivity (Wildman–Crippen MR) is 77.8 cm³/mol. The maximum atomic E-state index is 5.90. The molecule has 2 atom stereocenters. The number of likely N-dealkylation sites (N-methyl/N-ethyl adjacent to an activating group) is 1. The van der Waals surface area contributed by atoms with Gasteiger partial charge in [0.2, 0.25) is 0 Å². The predicted octanol–water partition coefficient (Wildman–Crippen LogP) is 2.96. The van der Waals surface area contributed by atoms with Crippen molar-refractivity contribution in [1.29, 1.82) is 0 Å². The van der Waals surface area contributed by atoms with Crippen LogP contribution in [0.2, 0.25) is 0 Å². The van der Waals surface area contributed by atoms with E-state index >= 15 is 0 Å². The number of hydrogen-bond donors (Lipinski definition) is 1. The Balaban J connectivity index is 1.76. The Morgan fingerprint density at radius 2 is 1.89 bits per heavy atom. The van der Waals surface area contributed by atoms with E-state index in [-0.39, 0.29) is 6.10 Å². The summed E-state index contributed by atoms with van der Waals surface area (Å²) in [5.74, 6) is 1.50. The third kappa shape index (κ3) is 4.22. The zero-order chi connectivity index (χ0) is 13.7. The first-order chi connectivity index (χ1) is 9.19. The minimum Gasteiger partial charge on any atom is -0.491 e. The first-order valence-electron chi connectivity index (χ1n) is 7.22. The van der Waals surface area contributed by atoms with Gasteiger partial charge in [-0.25, -0.2) is 0 Å². The highest BCUT2D eigenvalue weighted by Gasteiger charge is 2.24. The Morgan fingerprint density at radius 1 is 1.21 bits per heavy atom. The normalized spacial score (nSPS) is 22.9. The van der Waals surface area contributed by atoms with Gasteiger partial charge < -0.3 is 14.8 Å². The Bertz CT molecular complexity index is 375. The molecule has 0 amide bonds. The molecule has 3 nitrogen and oxygen atoms in total. The Kier molecular flexibility index (Phi) is 5.23. The Hall–Kier alpha value is -1.06. The van der Waals surface area contributed by atoms with Gasteiger partial charge in [-0.15, -0.1) is 0 Å². The number of benzene rings is 1. The zero-order valence-electron chi connectivity index (χ0n) is 12.2. The molecule has 1 aromatic rings. The van der Waals surface area contributed by atoms with Crippen LogP contribution in [0.1, 0.15) is 38.2 Å². The lowest BCUT2D eigenvalue weighted by atomic mass is 10.0. The van der Waals surface area contributed by atoms with E-state index < -0.39 is 0 Å². The molecular weight excluding hydrogens is 238 g/mol. The minimum atomic E-state index is 0.239. The molecule has 2 rings (SSSR count). The number of ether oxygens (including phenoxy) is 2. The van der Waals surface area contributed by atoms with Crippen molar-refractivity contribution < 1.29 is 9.47 Å². The van der Waals surface area contributed by atoms with Crippen molar-refractivity contribution in [2.24, 2.45) is 0 Å². The number of nitrogens with one attached hydrogen (secondary N) is 1. The van der Waals surface area contributed by atoms with Crippen molar-refractivity contribution in [3.05, 3.63) is 29.8 Å². The van der Waals surface area contributed by atoms with E-state index in [2.05, 4.69) is 43.4 Å². The van der Waals surface area contributed by atoms with Gasteiger partial charge >= 0.3 is 0 Å². The van der Waals surface area contributed by atoms with Crippen LogP contribution in [0.4, 0.5) is 0 Å². The lowest BCUT2D eigenvalue weighted by molar-refractivity contribution is 0.0193. The van der Waals surface area contributed by atoms with Gasteiger partial charge in [0.05, 0.1) is 12.2 Å². The standard InChI is InChI=1S/C16H25NO2/c1-12(2)13-4-6-14(7-5-13)18-11-16-9-8-15(19-16)10-17-3/h4-7,12,15-17H,8-11H2,1-3H3. The summed E-state index contributed by atoms with van der Waals surface area (Å²) >= 11 is 0. The van der Waals surface area contributed by atoms with Crippen molar-refractivity contribution in [2.75, 3.05) is 20.2 Å². The zero-order valence-corrected chi connectivity index (χ0v) is 12.2. The van der Waals surface area contributed by atoms with Gasteiger partial charge in [-0.3, -0.25) is 0 Å². The molecule has 1 fully saturated rings. The van der Waals surface area contributed by atoms with E-state index in [0.717, 1.165) is 25.1 Å². The van der Waals surface area contributed by atoms with E-state index in [9.17, 15) is 0 Å². The van der Waals surface area contributed by atoms with Gasteiger partial charge in [-0.1, -0.05) is 26.0 Å². The summed E-state index contributed by atoms with van der Waals surface area (Å²) in [6, 6.07) is 8.38. The second-order valence-corrected chi connectivity index (χ2v) is 5.55. The molecule has 1 heterocycles. The molecule has 0 radical (unpaired) electrons. The molecule has 1 aromatic carbocycles. The molecular formula is C16H25NO2. The highest BCUT2D eigenvalue weighted by molar-refractivity contribution is 5.28. The fourth-order valence-electron chi connectivity index (χ4n) is 2.42. The Morgan fingerprint density at radius 3 is 2.53 bits per heavy atom. The van der Waals surface area contributed by atoms with Crippen molar-refractivity contribution in [1.82, 2.24) is 5.32 Å². The van der Waals surface area contributed by atoms with Crippen LogP contribution in [0.15, 0.2) is 24.3 Å². The van der Waals surface area contributed by atoms with Crippen LogP contribution in [0.5, 0.6) is 5.75 Å². The fourth-order valence-corrected chi connectivity index (χ4v) is 2.42. The van der Waals surface area contributed by atoms with Crippen LogP contribution in [-0.4, -0.2) is 32.4 Å². The van der Waals surface area contributed by atoms with Crippen LogP contribution < -0.4 is 10.1 Å². The summed E-state index contributed by atoms with van der Waals surface area (Å²) in [6.07, 6.45) is 2.81. The van der Waals surface area contributed by atoms with Crippen LogP contribution >= 0.6 is 0 Å². The van der Waals surface area contributed by atoms with Crippen molar-refractivity contribution >= 4 is 0 Å². The molecule has 0 aliphatic carbocycles. The van der Waals surface area contributed by atoms with Gasteiger partial charge in [0.15, 0.2) is 0 Å². The van der Waals surface area contributed by atoms with Gasteiger partial charge in [0.1, 0.15) is 12.4 Å². The molecule has 1 saturated heterocycles. The molecule has 2 unspecified atom stereocenters. The largest absolute Gasteiger partial charge is 0.491 e. The van der Waals surface area contributed by atoms with Crippen molar-refractivity contribution in [2.45, 2.75) is 44.8 Å². The molecule has 0 saturated carbocycles. The quantitative estimate of drug-likeness (QED) is 0.856. The Labute approximate surface area is 116 Å². The van der Waals surface area contributed by atoms with Gasteiger partial charge in [0.25, 0.3) is 0 Å². The fraction of sp³-hybridized carbons (Fsp3) is 0.625. The lowest BCUT2D eigenvalue weighted by Crippen LogP contribution is -2.25. The summed E-state index contributed by atoms with van der Waals surface area (Å²) < 4.78 is 11.7. The van der Waals surface area contributed by atoms with Crippen molar-refractivity contribution in [3.8, 4) is 5.75 Å². The molecule has 1 N–H and O–H groups in total. The van der Waals surface area contributed by atoms with E-state index in [4.69, 9.17) is 9.47 Å². The average molecular weight is 263 g/mol. The third-order valence-electron chi connectivity index (χ3n) is 3.61. The first kappa shape index (κ1) is 14.4.